The Morgan fingerprint density at radius 1 is 1.56 bits per heavy atom. The fourth-order valence-corrected chi connectivity index (χ4v) is 1.84. The summed E-state index contributed by atoms with van der Waals surface area (Å²) >= 11 is 1.07. The molecule has 1 rings (SSSR count). The van der Waals surface area contributed by atoms with Crippen molar-refractivity contribution in [2.24, 2.45) is 0 Å². The summed E-state index contributed by atoms with van der Waals surface area (Å²) in [5.74, 6) is 0. The van der Waals surface area contributed by atoms with Crippen molar-refractivity contribution in [2.75, 3.05) is 32.5 Å². The zero-order chi connectivity index (χ0) is 12.0. The minimum atomic E-state index is -0.422. The van der Waals surface area contributed by atoms with Gasteiger partial charge in [0, 0.05) is 6.54 Å². The second-order valence-electron chi connectivity index (χ2n) is 3.70. The van der Waals surface area contributed by atoms with E-state index in [0.717, 1.165) is 37.3 Å². The Hall–Kier alpha value is -1.21. The summed E-state index contributed by atoms with van der Waals surface area (Å²) in [5.41, 5.74) is 0. The standard InChI is InChI=1S/C9H16N4O2S/c1-12(2)6-4-3-5-10-9-11-7-8(16-9)13(14)15/h7H,3-6H2,1-2H3,(H,10,11). The molecule has 0 bridgehead atoms. The molecule has 1 heterocycles. The zero-order valence-corrected chi connectivity index (χ0v) is 10.3. The Balaban J connectivity index is 2.19. The van der Waals surface area contributed by atoms with Crippen molar-refractivity contribution in [3.05, 3.63) is 16.3 Å². The van der Waals surface area contributed by atoms with E-state index in [9.17, 15) is 10.1 Å². The molecule has 1 aromatic heterocycles. The van der Waals surface area contributed by atoms with Gasteiger partial charge in [-0.2, -0.15) is 0 Å². The summed E-state index contributed by atoms with van der Waals surface area (Å²) in [7, 11) is 4.08. The molecule has 0 atom stereocenters. The van der Waals surface area contributed by atoms with Crippen LogP contribution >= 0.6 is 11.3 Å². The highest BCUT2D eigenvalue weighted by Gasteiger charge is 2.10. The number of rotatable bonds is 7. The Morgan fingerprint density at radius 2 is 2.31 bits per heavy atom. The van der Waals surface area contributed by atoms with Crippen molar-refractivity contribution in [1.29, 1.82) is 0 Å². The fraction of sp³-hybridized carbons (Fsp3) is 0.667. The van der Waals surface area contributed by atoms with Gasteiger partial charge in [0.25, 0.3) is 0 Å². The van der Waals surface area contributed by atoms with E-state index in [4.69, 9.17) is 0 Å². The molecule has 0 aliphatic heterocycles. The summed E-state index contributed by atoms with van der Waals surface area (Å²) in [4.78, 5) is 16.0. The smallest absolute Gasteiger partial charge is 0.345 e. The first-order valence-electron chi connectivity index (χ1n) is 5.08. The van der Waals surface area contributed by atoms with Gasteiger partial charge in [0.05, 0.1) is 4.92 Å². The third kappa shape index (κ3) is 4.54. The van der Waals surface area contributed by atoms with Crippen LogP contribution in [-0.2, 0) is 0 Å². The number of hydrogen-bond acceptors (Lipinski definition) is 6. The number of nitrogens with one attached hydrogen (secondary N) is 1. The zero-order valence-electron chi connectivity index (χ0n) is 9.47. The Bertz CT molecular complexity index is 340. The highest BCUT2D eigenvalue weighted by Crippen LogP contribution is 2.24. The molecule has 0 spiro atoms. The maximum Gasteiger partial charge on any atom is 0.345 e. The van der Waals surface area contributed by atoms with Gasteiger partial charge in [0.1, 0.15) is 6.20 Å². The summed E-state index contributed by atoms with van der Waals surface area (Å²) in [6.45, 7) is 1.86. The van der Waals surface area contributed by atoms with Crippen molar-refractivity contribution in [2.45, 2.75) is 12.8 Å². The van der Waals surface area contributed by atoms with Crippen LogP contribution in [0.25, 0.3) is 0 Å². The molecule has 1 aromatic rings. The van der Waals surface area contributed by atoms with E-state index in [1.165, 1.54) is 6.20 Å². The predicted molar refractivity (Wildman–Crippen MR) is 65.0 cm³/mol. The second kappa shape index (κ2) is 6.39. The van der Waals surface area contributed by atoms with E-state index in [2.05, 4.69) is 15.2 Å². The predicted octanol–water partition coefficient (Wildman–Crippen LogP) is 1.80. The second-order valence-corrected chi connectivity index (χ2v) is 4.71. The highest BCUT2D eigenvalue weighted by molar-refractivity contribution is 7.18. The summed E-state index contributed by atoms with van der Waals surface area (Å²) < 4.78 is 0. The third-order valence-corrected chi connectivity index (χ3v) is 2.89. The molecule has 0 saturated carbocycles. The topological polar surface area (TPSA) is 71.3 Å². The number of anilines is 1. The normalized spacial score (nSPS) is 10.7. The Kier molecular flexibility index (Phi) is 5.13. The van der Waals surface area contributed by atoms with Crippen LogP contribution in [0, 0.1) is 10.1 Å². The van der Waals surface area contributed by atoms with Gasteiger partial charge < -0.3 is 10.2 Å². The lowest BCUT2D eigenvalue weighted by Gasteiger charge is -2.08. The van der Waals surface area contributed by atoms with Gasteiger partial charge in [0.2, 0.25) is 0 Å². The monoisotopic (exact) mass is 244 g/mol. The molecule has 6 nitrogen and oxygen atoms in total. The molecule has 1 N–H and O–H groups in total. The molecule has 0 aromatic carbocycles. The van der Waals surface area contributed by atoms with Crippen molar-refractivity contribution < 1.29 is 4.92 Å². The summed E-state index contributed by atoms with van der Waals surface area (Å²) in [6, 6.07) is 0. The van der Waals surface area contributed by atoms with E-state index in [0.29, 0.717) is 5.13 Å². The summed E-state index contributed by atoms with van der Waals surface area (Å²) in [5, 5.41) is 14.2. The van der Waals surface area contributed by atoms with Gasteiger partial charge in [0.15, 0.2) is 5.13 Å². The maximum absolute atomic E-state index is 10.4. The van der Waals surface area contributed by atoms with Gasteiger partial charge in [-0.15, -0.1) is 0 Å². The van der Waals surface area contributed by atoms with Crippen LogP contribution in [0.15, 0.2) is 6.20 Å². The first-order valence-corrected chi connectivity index (χ1v) is 5.90. The van der Waals surface area contributed by atoms with Gasteiger partial charge >= 0.3 is 5.00 Å². The molecule has 0 amide bonds. The van der Waals surface area contributed by atoms with Crippen LogP contribution < -0.4 is 5.32 Å². The van der Waals surface area contributed by atoms with E-state index in [1.807, 2.05) is 14.1 Å². The number of unbranched alkanes of at least 4 members (excludes halogenated alkanes) is 1. The van der Waals surface area contributed by atoms with Crippen molar-refractivity contribution in [3.8, 4) is 0 Å². The molecule has 0 unspecified atom stereocenters. The first kappa shape index (κ1) is 12.9. The minimum Gasteiger partial charge on any atom is -0.361 e. The van der Waals surface area contributed by atoms with Crippen molar-refractivity contribution >= 4 is 21.5 Å². The third-order valence-electron chi connectivity index (χ3n) is 1.98. The lowest BCUT2D eigenvalue weighted by Crippen LogP contribution is -2.14. The van der Waals surface area contributed by atoms with Crippen LogP contribution in [0.5, 0.6) is 0 Å². The number of hydrogen-bond donors (Lipinski definition) is 1. The molecule has 90 valence electrons. The van der Waals surface area contributed by atoms with Gasteiger partial charge in [-0.05, 0) is 44.8 Å². The molecule has 0 radical (unpaired) electrons. The quantitative estimate of drug-likeness (QED) is 0.450. The summed E-state index contributed by atoms with van der Waals surface area (Å²) in [6.07, 6.45) is 3.42. The van der Waals surface area contributed by atoms with Crippen LogP contribution in [0.2, 0.25) is 0 Å². The number of aromatic nitrogens is 1. The number of nitro groups is 1. The minimum absolute atomic E-state index is 0.0794. The molecule has 0 aliphatic carbocycles. The largest absolute Gasteiger partial charge is 0.361 e. The van der Waals surface area contributed by atoms with Gasteiger partial charge in [-0.3, -0.25) is 10.1 Å². The lowest BCUT2D eigenvalue weighted by atomic mass is 10.3. The Morgan fingerprint density at radius 3 is 2.88 bits per heavy atom. The highest BCUT2D eigenvalue weighted by atomic mass is 32.1. The first-order chi connectivity index (χ1) is 7.59. The number of thiazole rings is 1. The van der Waals surface area contributed by atoms with E-state index >= 15 is 0 Å². The average Bonchev–Trinajstić information content (AvgIpc) is 2.65. The molecule has 16 heavy (non-hydrogen) atoms. The molecule has 0 aliphatic rings. The lowest BCUT2D eigenvalue weighted by molar-refractivity contribution is -0.380. The van der Waals surface area contributed by atoms with E-state index < -0.39 is 4.92 Å². The van der Waals surface area contributed by atoms with Crippen LogP contribution in [0.1, 0.15) is 12.8 Å². The van der Waals surface area contributed by atoms with E-state index in [1.54, 1.807) is 0 Å². The van der Waals surface area contributed by atoms with Crippen LogP contribution in [-0.4, -0.2) is 42.0 Å². The molecular formula is C9H16N4O2S. The van der Waals surface area contributed by atoms with Crippen LogP contribution in [0.3, 0.4) is 0 Å². The fourth-order valence-electron chi connectivity index (χ4n) is 1.18. The van der Waals surface area contributed by atoms with Gasteiger partial charge in [-0.1, -0.05) is 0 Å². The van der Waals surface area contributed by atoms with Crippen molar-refractivity contribution in [1.82, 2.24) is 9.88 Å². The van der Waals surface area contributed by atoms with Gasteiger partial charge in [-0.25, -0.2) is 4.98 Å². The average molecular weight is 244 g/mol. The molecular weight excluding hydrogens is 228 g/mol. The Labute approximate surface area is 98.4 Å². The molecule has 0 fully saturated rings. The molecule has 7 heteroatoms. The SMILES string of the molecule is CN(C)CCCCNc1ncc([N+](=O)[O-])s1. The maximum atomic E-state index is 10.4. The van der Waals surface area contributed by atoms with E-state index in [-0.39, 0.29) is 5.00 Å². The van der Waals surface area contributed by atoms with Crippen LogP contribution in [0.4, 0.5) is 10.1 Å². The number of nitrogens with zero attached hydrogens (tertiary/aromatic N) is 3. The molecule has 0 saturated heterocycles. The van der Waals surface area contributed by atoms with Crippen molar-refractivity contribution in [3.63, 3.8) is 0 Å².